The lowest BCUT2D eigenvalue weighted by Crippen LogP contribution is -2.04. The summed E-state index contributed by atoms with van der Waals surface area (Å²) in [4.78, 5) is 15.0. The van der Waals surface area contributed by atoms with Gasteiger partial charge in [-0.2, -0.15) is 0 Å². The fourth-order valence-electron chi connectivity index (χ4n) is 1.31. The van der Waals surface area contributed by atoms with Gasteiger partial charge in [-0.25, -0.2) is 9.78 Å². The standard InChI is InChI=1S/C10H13NO2S/c1-6(2)8(7(3)10(12)13)9-11-4-5-14-9/h4-6H,1-3H3,(H,12,13). The van der Waals surface area contributed by atoms with Gasteiger partial charge in [0, 0.05) is 22.7 Å². The molecule has 0 saturated carbocycles. The number of aliphatic carboxylic acids is 1. The number of carboxylic acid groups (broad SMARTS) is 1. The number of rotatable bonds is 3. The molecule has 0 radical (unpaired) electrons. The molecule has 0 aliphatic heterocycles. The minimum atomic E-state index is -0.871. The van der Waals surface area contributed by atoms with Crippen molar-refractivity contribution >= 4 is 22.9 Å². The number of carbonyl (C=O) groups is 1. The van der Waals surface area contributed by atoms with Crippen molar-refractivity contribution in [3.63, 3.8) is 0 Å². The molecule has 0 saturated heterocycles. The second kappa shape index (κ2) is 4.37. The van der Waals surface area contributed by atoms with Gasteiger partial charge in [-0.05, 0) is 12.8 Å². The number of hydrogen-bond donors (Lipinski definition) is 1. The molecule has 0 spiro atoms. The lowest BCUT2D eigenvalue weighted by atomic mass is 9.99. The van der Waals surface area contributed by atoms with Gasteiger partial charge in [0.05, 0.1) is 0 Å². The van der Waals surface area contributed by atoms with E-state index in [0.29, 0.717) is 5.57 Å². The molecule has 0 atom stereocenters. The molecule has 0 aliphatic rings. The smallest absolute Gasteiger partial charge is 0.331 e. The van der Waals surface area contributed by atoms with Gasteiger partial charge in [0.2, 0.25) is 0 Å². The van der Waals surface area contributed by atoms with Crippen LogP contribution in [0.1, 0.15) is 25.8 Å². The molecule has 76 valence electrons. The Labute approximate surface area is 87.1 Å². The molecule has 3 nitrogen and oxygen atoms in total. The van der Waals surface area contributed by atoms with Gasteiger partial charge in [-0.15, -0.1) is 11.3 Å². The molecule has 0 fully saturated rings. The average Bonchev–Trinajstić information content (AvgIpc) is 2.56. The Morgan fingerprint density at radius 1 is 1.57 bits per heavy atom. The fraction of sp³-hybridized carbons (Fsp3) is 0.400. The van der Waals surface area contributed by atoms with Crippen LogP contribution in [0.4, 0.5) is 0 Å². The van der Waals surface area contributed by atoms with Crippen LogP contribution >= 0.6 is 11.3 Å². The first-order valence-corrected chi connectivity index (χ1v) is 5.26. The van der Waals surface area contributed by atoms with Crippen LogP contribution in [-0.2, 0) is 4.79 Å². The highest BCUT2D eigenvalue weighted by atomic mass is 32.1. The monoisotopic (exact) mass is 211 g/mol. The van der Waals surface area contributed by atoms with Crippen LogP contribution in [0.3, 0.4) is 0 Å². The van der Waals surface area contributed by atoms with E-state index in [9.17, 15) is 4.79 Å². The molecule has 4 heteroatoms. The van der Waals surface area contributed by atoms with E-state index in [-0.39, 0.29) is 5.92 Å². The largest absolute Gasteiger partial charge is 0.478 e. The third kappa shape index (κ3) is 2.20. The van der Waals surface area contributed by atoms with Crippen LogP contribution in [0, 0.1) is 5.92 Å². The van der Waals surface area contributed by atoms with Crippen molar-refractivity contribution in [3.8, 4) is 0 Å². The van der Waals surface area contributed by atoms with Crippen molar-refractivity contribution in [2.24, 2.45) is 5.92 Å². The first-order chi connectivity index (χ1) is 6.54. The summed E-state index contributed by atoms with van der Waals surface area (Å²) < 4.78 is 0. The first kappa shape index (κ1) is 10.9. The fourth-order valence-corrected chi connectivity index (χ4v) is 2.20. The average molecular weight is 211 g/mol. The van der Waals surface area contributed by atoms with E-state index >= 15 is 0 Å². The third-order valence-corrected chi connectivity index (χ3v) is 2.77. The van der Waals surface area contributed by atoms with E-state index in [1.54, 1.807) is 13.1 Å². The maximum atomic E-state index is 10.9. The normalized spacial score (nSPS) is 12.9. The predicted octanol–water partition coefficient (Wildman–Crippen LogP) is 2.66. The molecule has 0 aromatic carbocycles. The number of nitrogens with zero attached hydrogens (tertiary/aromatic N) is 1. The van der Waals surface area contributed by atoms with E-state index in [1.165, 1.54) is 11.3 Å². The summed E-state index contributed by atoms with van der Waals surface area (Å²) in [5.74, 6) is -0.693. The Kier molecular flexibility index (Phi) is 3.41. The molecule has 1 aromatic heterocycles. The van der Waals surface area contributed by atoms with Gasteiger partial charge < -0.3 is 5.11 Å². The van der Waals surface area contributed by atoms with Gasteiger partial charge in [-0.3, -0.25) is 0 Å². The second-order valence-corrected chi connectivity index (χ2v) is 4.23. The van der Waals surface area contributed by atoms with Gasteiger partial charge in [0.15, 0.2) is 0 Å². The number of allylic oxidation sites excluding steroid dienone is 1. The molecule has 0 amide bonds. The number of carboxylic acids is 1. The van der Waals surface area contributed by atoms with Crippen molar-refractivity contribution in [2.75, 3.05) is 0 Å². The van der Waals surface area contributed by atoms with Gasteiger partial charge >= 0.3 is 5.97 Å². The van der Waals surface area contributed by atoms with Crippen molar-refractivity contribution in [3.05, 3.63) is 22.2 Å². The summed E-state index contributed by atoms with van der Waals surface area (Å²) >= 11 is 1.47. The number of thiazole rings is 1. The van der Waals surface area contributed by atoms with Gasteiger partial charge in [0.1, 0.15) is 5.01 Å². The lowest BCUT2D eigenvalue weighted by molar-refractivity contribution is -0.132. The summed E-state index contributed by atoms with van der Waals surface area (Å²) in [6.07, 6.45) is 1.69. The van der Waals surface area contributed by atoms with Crippen molar-refractivity contribution in [1.29, 1.82) is 0 Å². The van der Waals surface area contributed by atoms with E-state index in [0.717, 1.165) is 10.6 Å². The lowest BCUT2D eigenvalue weighted by Gasteiger charge is -2.10. The zero-order chi connectivity index (χ0) is 10.7. The number of aromatic nitrogens is 1. The molecule has 0 aliphatic carbocycles. The number of hydrogen-bond acceptors (Lipinski definition) is 3. The predicted molar refractivity (Wildman–Crippen MR) is 57.2 cm³/mol. The Hall–Kier alpha value is -1.16. The van der Waals surface area contributed by atoms with Crippen LogP contribution in [0.15, 0.2) is 17.2 Å². The highest BCUT2D eigenvalue weighted by molar-refractivity contribution is 7.10. The van der Waals surface area contributed by atoms with Gasteiger partial charge in [-0.1, -0.05) is 13.8 Å². The highest BCUT2D eigenvalue weighted by Gasteiger charge is 2.16. The first-order valence-electron chi connectivity index (χ1n) is 4.38. The van der Waals surface area contributed by atoms with Crippen molar-refractivity contribution in [1.82, 2.24) is 4.98 Å². The van der Waals surface area contributed by atoms with E-state index in [2.05, 4.69) is 4.98 Å². The zero-order valence-electron chi connectivity index (χ0n) is 8.44. The van der Waals surface area contributed by atoms with Crippen molar-refractivity contribution in [2.45, 2.75) is 20.8 Å². The van der Waals surface area contributed by atoms with Crippen LogP contribution in [-0.4, -0.2) is 16.1 Å². The Morgan fingerprint density at radius 3 is 2.57 bits per heavy atom. The Bertz CT molecular complexity index is 352. The minimum Gasteiger partial charge on any atom is -0.478 e. The molecule has 14 heavy (non-hydrogen) atoms. The molecule has 1 rings (SSSR count). The van der Waals surface area contributed by atoms with Crippen LogP contribution < -0.4 is 0 Å². The van der Waals surface area contributed by atoms with Crippen LogP contribution in [0.2, 0.25) is 0 Å². The molecule has 1 aromatic rings. The molecule has 0 unspecified atom stereocenters. The maximum Gasteiger partial charge on any atom is 0.331 e. The second-order valence-electron chi connectivity index (χ2n) is 3.34. The Morgan fingerprint density at radius 2 is 2.21 bits per heavy atom. The molecule has 1 N–H and O–H groups in total. The van der Waals surface area contributed by atoms with Crippen LogP contribution in [0.25, 0.3) is 5.57 Å². The molecular formula is C10H13NO2S. The van der Waals surface area contributed by atoms with E-state index in [4.69, 9.17) is 5.11 Å². The summed E-state index contributed by atoms with van der Waals surface area (Å²) in [6, 6.07) is 0. The van der Waals surface area contributed by atoms with Gasteiger partial charge in [0.25, 0.3) is 0 Å². The third-order valence-electron chi connectivity index (χ3n) is 1.96. The minimum absolute atomic E-state index is 0.178. The summed E-state index contributed by atoms with van der Waals surface area (Å²) in [5.41, 5.74) is 1.21. The van der Waals surface area contributed by atoms with Crippen molar-refractivity contribution < 1.29 is 9.90 Å². The zero-order valence-corrected chi connectivity index (χ0v) is 9.26. The molecular weight excluding hydrogens is 198 g/mol. The van der Waals surface area contributed by atoms with Crippen LogP contribution in [0.5, 0.6) is 0 Å². The maximum absolute atomic E-state index is 10.9. The van der Waals surface area contributed by atoms with E-state index < -0.39 is 5.97 Å². The SMILES string of the molecule is CC(C(=O)O)=C(c1nccs1)C(C)C. The van der Waals surface area contributed by atoms with E-state index in [1.807, 2.05) is 19.2 Å². The highest BCUT2D eigenvalue weighted by Crippen LogP contribution is 2.28. The summed E-state index contributed by atoms with van der Waals surface area (Å²) in [5, 5.41) is 11.6. The summed E-state index contributed by atoms with van der Waals surface area (Å²) in [7, 11) is 0. The summed E-state index contributed by atoms with van der Waals surface area (Å²) in [6.45, 7) is 5.57. The quantitative estimate of drug-likeness (QED) is 0.782. The molecule has 0 bridgehead atoms. The Balaban J connectivity index is 3.21. The topological polar surface area (TPSA) is 50.2 Å². The molecule has 1 heterocycles.